The molecule has 0 unspecified atom stereocenters. The maximum atomic E-state index is 12.6. The molecular weight excluding hydrogens is 384 g/mol. The highest BCUT2D eigenvalue weighted by molar-refractivity contribution is 7.99. The third-order valence-corrected chi connectivity index (χ3v) is 6.01. The number of nitrogens with one attached hydrogen (secondary N) is 1. The third kappa shape index (κ3) is 4.15. The normalized spacial score (nSPS) is 15.4. The Labute approximate surface area is 174 Å². The molecule has 0 radical (unpaired) electrons. The lowest BCUT2D eigenvalue weighted by Gasteiger charge is -2.26. The number of para-hydroxylation sites is 1. The van der Waals surface area contributed by atoms with E-state index in [4.69, 9.17) is 4.74 Å². The fraction of sp³-hybridized carbons (Fsp3) is 0.318. The Balaban J connectivity index is 1.44. The summed E-state index contributed by atoms with van der Waals surface area (Å²) >= 11 is 1.42. The van der Waals surface area contributed by atoms with Gasteiger partial charge in [-0.1, -0.05) is 54.2 Å². The van der Waals surface area contributed by atoms with E-state index in [1.165, 1.54) is 11.8 Å². The standard InChI is InChI=1S/C22H24N4O2S/c1-3-26-21(16-9-5-4-8-15(16)2)24-25-22(26)29-14-20(27)23-18-12-13-28-19-11-7-6-10-17(18)19/h4-11,18H,3,12-14H2,1-2H3,(H,23,27)/t18-/m1/s1. The van der Waals surface area contributed by atoms with Crippen molar-refractivity contribution >= 4 is 17.7 Å². The number of amides is 1. The van der Waals surface area contributed by atoms with E-state index in [-0.39, 0.29) is 11.9 Å². The lowest BCUT2D eigenvalue weighted by atomic mass is 10.0. The molecule has 1 amide bonds. The van der Waals surface area contributed by atoms with E-state index in [1.807, 2.05) is 36.4 Å². The van der Waals surface area contributed by atoms with Crippen molar-refractivity contribution in [2.24, 2.45) is 0 Å². The first kappa shape index (κ1) is 19.5. The van der Waals surface area contributed by atoms with Crippen molar-refractivity contribution in [2.75, 3.05) is 12.4 Å². The third-order valence-electron chi connectivity index (χ3n) is 5.05. The molecule has 29 heavy (non-hydrogen) atoms. The van der Waals surface area contributed by atoms with E-state index in [0.29, 0.717) is 12.4 Å². The molecule has 1 aliphatic rings. The monoisotopic (exact) mass is 408 g/mol. The molecule has 2 aromatic carbocycles. The van der Waals surface area contributed by atoms with Crippen LogP contribution in [0, 0.1) is 6.92 Å². The topological polar surface area (TPSA) is 69.0 Å². The molecule has 150 valence electrons. The second kappa shape index (κ2) is 8.69. The van der Waals surface area contributed by atoms with Gasteiger partial charge in [-0.3, -0.25) is 4.79 Å². The first-order chi connectivity index (χ1) is 14.2. The van der Waals surface area contributed by atoms with Crippen molar-refractivity contribution in [3.63, 3.8) is 0 Å². The van der Waals surface area contributed by atoms with Crippen LogP contribution in [0.15, 0.2) is 53.7 Å². The van der Waals surface area contributed by atoms with Crippen LogP contribution >= 0.6 is 11.8 Å². The molecule has 0 bridgehead atoms. The number of carbonyl (C=O) groups is 1. The summed E-state index contributed by atoms with van der Waals surface area (Å²) in [5.74, 6) is 1.97. The summed E-state index contributed by atoms with van der Waals surface area (Å²) < 4.78 is 7.73. The number of rotatable bonds is 6. The van der Waals surface area contributed by atoms with Gasteiger partial charge in [-0.05, 0) is 25.5 Å². The van der Waals surface area contributed by atoms with Gasteiger partial charge in [0.15, 0.2) is 11.0 Å². The summed E-state index contributed by atoms with van der Waals surface area (Å²) in [6.07, 6.45) is 0.774. The second-order valence-electron chi connectivity index (χ2n) is 6.95. The Bertz CT molecular complexity index is 1020. The van der Waals surface area contributed by atoms with Crippen molar-refractivity contribution in [3.8, 4) is 17.1 Å². The number of fused-ring (bicyclic) bond motifs is 1. The predicted molar refractivity (Wildman–Crippen MR) is 114 cm³/mol. The van der Waals surface area contributed by atoms with Gasteiger partial charge in [0, 0.05) is 24.1 Å². The van der Waals surface area contributed by atoms with Gasteiger partial charge in [0.2, 0.25) is 5.91 Å². The van der Waals surface area contributed by atoms with E-state index >= 15 is 0 Å². The van der Waals surface area contributed by atoms with Crippen LogP contribution in [0.2, 0.25) is 0 Å². The van der Waals surface area contributed by atoms with Gasteiger partial charge in [-0.25, -0.2) is 0 Å². The van der Waals surface area contributed by atoms with E-state index in [2.05, 4.69) is 46.1 Å². The SMILES string of the molecule is CCn1c(SCC(=O)N[C@@H]2CCOc3ccccc32)nnc1-c1ccccc1C. The molecule has 7 heteroatoms. The quantitative estimate of drug-likeness (QED) is 0.624. The molecule has 1 aromatic heterocycles. The highest BCUT2D eigenvalue weighted by Crippen LogP contribution is 2.32. The average Bonchev–Trinajstić information content (AvgIpc) is 3.15. The van der Waals surface area contributed by atoms with Gasteiger partial charge < -0.3 is 14.6 Å². The van der Waals surface area contributed by atoms with Crippen molar-refractivity contribution in [1.82, 2.24) is 20.1 Å². The Morgan fingerprint density at radius 2 is 2.00 bits per heavy atom. The molecule has 0 saturated heterocycles. The number of aryl methyl sites for hydroxylation is 1. The van der Waals surface area contributed by atoms with Gasteiger partial charge in [0.05, 0.1) is 18.4 Å². The lowest BCUT2D eigenvalue weighted by Crippen LogP contribution is -2.33. The first-order valence-electron chi connectivity index (χ1n) is 9.80. The lowest BCUT2D eigenvalue weighted by molar-refractivity contribution is -0.119. The Hall–Kier alpha value is -2.80. The molecule has 1 N–H and O–H groups in total. The van der Waals surface area contributed by atoms with E-state index in [1.54, 1.807) is 0 Å². The second-order valence-corrected chi connectivity index (χ2v) is 7.89. The van der Waals surface area contributed by atoms with Crippen molar-refractivity contribution < 1.29 is 9.53 Å². The Morgan fingerprint density at radius 3 is 2.83 bits per heavy atom. The molecule has 2 heterocycles. The molecule has 6 nitrogen and oxygen atoms in total. The number of thioether (sulfide) groups is 1. The fourth-order valence-electron chi connectivity index (χ4n) is 3.56. The summed E-state index contributed by atoms with van der Waals surface area (Å²) in [4.78, 5) is 12.6. The van der Waals surface area contributed by atoms with Crippen LogP contribution < -0.4 is 10.1 Å². The highest BCUT2D eigenvalue weighted by atomic mass is 32.2. The molecule has 0 aliphatic carbocycles. The van der Waals surface area contributed by atoms with Crippen LogP contribution in [0.1, 0.15) is 30.5 Å². The summed E-state index contributed by atoms with van der Waals surface area (Å²) in [6, 6.07) is 16.0. The minimum absolute atomic E-state index is 0.0141. The highest BCUT2D eigenvalue weighted by Gasteiger charge is 2.23. The van der Waals surface area contributed by atoms with Crippen molar-refractivity contribution in [2.45, 2.75) is 38.0 Å². The van der Waals surface area contributed by atoms with E-state index in [0.717, 1.165) is 46.4 Å². The number of ether oxygens (including phenoxy) is 1. The summed E-state index contributed by atoms with van der Waals surface area (Å²) in [5, 5.41) is 12.6. The average molecular weight is 409 g/mol. The number of nitrogens with zero attached hydrogens (tertiary/aromatic N) is 3. The van der Waals surface area contributed by atoms with Crippen LogP contribution in [-0.4, -0.2) is 33.0 Å². The van der Waals surface area contributed by atoms with Crippen LogP contribution in [0.4, 0.5) is 0 Å². The molecule has 4 rings (SSSR count). The molecule has 0 fully saturated rings. The smallest absolute Gasteiger partial charge is 0.230 e. The number of hydrogen-bond donors (Lipinski definition) is 1. The van der Waals surface area contributed by atoms with Gasteiger partial charge in [0.1, 0.15) is 5.75 Å². The number of hydrogen-bond acceptors (Lipinski definition) is 5. The fourth-order valence-corrected chi connectivity index (χ4v) is 4.38. The zero-order valence-corrected chi connectivity index (χ0v) is 17.4. The zero-order chi connectivity index (χ0) is 20.2. The van der Waals surface area contributed by atoms with Crippen molar-refractivity contribution in [3.05, 3.63) is 59.7 Å². The molecule has 0 spiro atoms. The number of aromatic nitrogens is 3. The molecule has 0 saturated carbocycles. The molecule has 1 atom stereocenters. The number of carbonyl (C=O) groups excluding carboxylic acids is 1. The Morgan fingerprint density at radius 1 is 1.21 bits per heavy atom. The van der Waals surface area contributed by atoms with Gasteiger partial charge in [-0.2, -0.15) is 0 Å². The minimum atomic E-state index is -0.0142. The zero-order valence-electron chi connectivity index (χ0n) is 16.6. The van der Waals surface area contributed by atoms with Gasteiger partial charge >= 0.3 is 0 Å². The summed E-state index contributed by atoms with van der Waals surface area (Å²) in [5.41, 5.74) is 3.26. The van der Waals surface area contributed by atoms with Crippen LogP contribution in [-0.2, 0) is 11.3 Å². The predicted octanol–water partition coefficient (Wildman–Crippen LogP) is 4.01. The maximum Gasteiger partial charge on any atom is 0.230 e. The maximum absolute atomic E-state index is 12.6. The van der Waals surface area contributed by atoms with Gasteiger partial charge in [0.25, 0.3) is 0 Å². The minimum Gasteiger partial charge on any atom is -0.493 e. The molecule has 3 aromatic rings. The molecule has 1 aliphatic heterocycles. The van der Waals surface area contributed by atoms with Crippen molar-refractivity contribution in [1.29, 1.82) is 0 Å². The first-order valence-corrected chi connectivity index (χ1v) is 10.8. The van der Waals surface area contributed by atoms with Gasteiger partial charge in [-0.15, -0.1) is 10.2 Å². The summed E-state index contributed by atoms with van der Waals surface area (Å²) in [7, 11) is 0. The van der Waals surface area contributed by atoms with Crippen LogP contribution in [0.5, 0.6) is 5.75 Å². The van der Waals surface area contributed by atoms with Crippen LogP contribution in [0.25, 0.3) is 11.4 Å². The number of benzene rings is 2. The van der Waals surface area contributed by atoms with Crippen LogP contribution in [0.3, 0.4) is 0 Å². The summed E-state index contributed by atoms with van der Waals surface area (Å²) in [6.45, 7) is 5.48. The Kier molecular flexibility index (Phi) is 5.85. The van der Waals surface area contributed by atoms with E-state index in [9.17, 15) is 4.79 Å². The van der Waals surface area contributed by atoms with E-state index < -0.39 is 0 Å². The molecular formula is C22H24N4O2S. The largest absolute Gasteiger partial charge is 0.493 e.